The highest BCUT2D eigenvalue weighted by molar-refractivity contribution is 7.13. The van der Waals surface area contributed by atoms with Crippen LogP contribution in [-0.4, -0.2) is 45.6 Å². The number of rotatable bonds is 4. The van der Waals surface area contributed by atoms with Crippen molar-refractivity contribution in [3.8, 4) is 0 Å². The molecule has 2 aromatic rings. The monoisotopic (exact) mass is 305 g/mol. The van der Waals surface area contributed by atoms with Gasteiger partial charge in [0.05, 0.1) is 12.2 Å². The van der Waals surface area contributed by atoms with E-state index in [1.807, 2.05) is 18.4 Å². The summed E-state index contributed by atoms with van der Waals surface area (Å²) in [6, 6.07) is 2.04. The van der Waals surface area contributed by atoms with Gasteiger partial charge in [-0.15, -0.1) is 11.3 Å². The van der Waals surface area contributed by atoms with Crippen LogP contribution in [0.2, 0.25) is 0 Å². The van der Waals surface area contributed by atoms with E-state index in [2.05, 4.69) is 25.4 Å². The number of thiazole rings is 1. The van der Waals surface area contributed by atoms with Crippen molar-refractivity contribution in [2.75, 3.05) is 25.0 Å². The minimum absolute atomic E-state index is 0.0179. The molecular formula is C14H19N5OS. The van der Waals surface area contributed by atoms with Gasteiger partial charge in [0, 0.05) is 23.2 Å². The van der Waals surface area contributed by atoms with E-state index in [0.717, 1.165) is 31.6 Å². The Morgan fingerprint density at radius 3 is 2.95 bits per heavy atom. The lowest BCUT2D eigenvalue weighted by Gasteiger charge is -2.30. The van der Waals surface area contributed by atoms with E-state index < -0.39 is 0 Å². The minimum Gasteiger partial charge on any atom is -0.301 e. The molecule has 1 aliphatic heterocycles. The van der Waals surface area contributed by atoms with Gasteiger partial charge in [-0.1, -0.05) is 0 Å². The Morgan fingerprint density at radius 2 is 2.33 bits per heavy atom. The molecule has 7 heteroatoms. The quantitative estimate of drug-likeness (QED) is 0.906. The van der Waals surface area contributed by atoms with Gasteiger partial charge in [-0.3, -0.25) is 14.8 Å². The number of hydrogen-bond acceptors (Lipinski definition) is 5. The van der Waals surface area contributed by atoms with Crippen molar-refractivity contribution in [1.82, 2.24) is 20.1 Å². The average molecular weight is 305 g/mol. The van der Waals surface area contributed by atoms with Gasteiger partial charge in [-0.2, -0.15) is 5.10 Å². The molecule has 112 valence electrons. The number of nitrogens with zero attached hydrogens (tertiary/aromatic N) is 3. The third-order valence-electron chi connectivity index (χ3n) is 3.78. The lowest BCUT2D eigenvalue weighted by Crippen LogP contribution is -2.38. The number of hydrogen-bond donors (Lipinski definition) is 2. The molecule has 1 aliphatic rings. The zero-order valence-electron chi connectivity index (χ0n) is 12.0. The van der Waals surface area contributed by atoms with Crippen LogP contribution in [0.3, 0.4) is 0 Å². The maximum atomic E-state index is 12.0. The predicted molar refractivity (Wildman–Crippen MR) is 82.5 cm³/mol. The number of anilines is 1. The Labute approximate surface area is 127 Å². The summed E-state index contributed by atoms with van der Waals surface area (Å²) in [5.74, 6) is 0.553. The highest BCUT2D eigenvalue weighted by Gasteiger charge is 2.22. The molecule has 1 fully saturated rings. The lowest BCUT2D eigenvalue weighted by molar-refractivity contribution is -0.117. The van der Waals surface area contributed by atoms with E-state index in [-0.39, 0.29) is 5.91 Å². The van der Waals surface area contributed by atoms with Crippen molar-refractivity contribution < 1.29 is 4.79 Å². The maximum absolute atomic E-state index is 12.0. The van der Waals surface area contributed by atoms with E-state index in [4.69, 9.17) is 0 Å². The van der Waals surface area contributed by atoms with Gasteiger partial charge in [0.25, 0.3) is 0 Å². The Hall–Kier alpha value is -1.73. The van der Waals surface area contributed by atoms with Crippen LogP contribution in [0.25, 0.3) is 0 Å². The van der Waals surface area contributed by atoms with Crippen LogP contribution in [0.5, 0.6) is 0 Å². The fourth-order valence-electron chi connectivity index (χ4n) is 2.67. The van der Waals surface area contributed by atoms with Crippen molar-refractivity contribution in [3.63, 3.8) is 0 Å². The summed E-state index contributed by atoms with van der Waals surface area (Å²) in [4.78, 5) is 18.4. The first-order chi connectivity index (χ1) is 10.2. The molecule has 2 N–H and O–H groups in total. The van der Waals surface area contributed by atoms with Gasteiger partial charge in [-0.25, -0.2) is 4.98 Å². The van der Waals surface area contributed by atoms with E-state index >= 15 is 0 Å². The molecule has 2 aromatic heterocycles. The van der Waals surface area contributed by atoms with Gasteiger partial charge >= 0.3 is 0 Å². The van der Waals surface area contributed by atoms with E-state index in [1.165, 1.54) is 17.0 Å². The molecule has 0 bridgehead atoms. The van der Waals surface area contributed by atoms with Crippen molar-refractivity contribution in [3.05, 3.63) is 29.0 Å². The van der Waals surface area contributed by atoms with Crippen LogP contribution >= 0.6 is 11.3 Å². The summed E-state index contributed by atoms with van der Waals surface area (Å²) in [7, 11) is 0. The summed E-state index contributed by atoms with van der Waals surface area (Å²) in [6.45, 7) is 4.24. The smallest absolute Gasteiger partial charge is 0.240 e. The van der Waals surface area contributed by atoms with E-state index in [0.29, 0.717) is 17.6 Å². The fraction of sp³-hybridized carbons (Fsp3) is 0.500. The first kappa shape index (κ1) is 14.2. The molecule has 1 amide bonds. The molecule has 0 atom stereocenters. The van der Waals surface area contributed by atoms with Crippen LogP contribution in [0.4, 0.5) is 5.13 Å². The summed E-state index contributed by atoms with van der Waals surface area (Å²) in [5, 5.41) is 12.5. The molecule has 1 saturated heterocycles. The number of aryl methyl sites for hydroxylation is 1. The molecule has 0 unspecified atom stereocenters. The lowest BCUT2D eigenvalue weighted by atomic mass is 9.94. The molecule has 0 spiro atoms. The number of piperidine rings is 1. The minimum atomic E-state index is 0.0179. The van der Waals surface area contributed by atoms with Crippen LogP contribution in [0.1, 0.15) is 30.1 Å². The number of nitrogens with one attached hydrogen (secondary N) is 2. The number of aromatic nitrogens is 3. The first-order valence-corrected chi connectivity index (χ1v) is 8.02. The second-order valence-electron chi connectivity index (χ2n) is 5.40. The number of likely N-dealkylation sites (tertiary alicyclic amines) is 1. The zero-order valence-corrected chi connectivity index (χ0v) is 12.8. The second kappa shape index (κ2) is 6.36. The number of carbonyl (C=O) groups is 1. The Kier molecular flexibility index (Phi) is 4.31. The number of aromatic amines is 1. The van der Waals surface area contributed by atoms with Crippen molar-refractivity contribution in [2.45, 2.75) is 25.7 Å². The first-order valence-electron chi connectivity index (χ1n) is 7.14. The molecule has 0 aromatic carbocycles. The van der Waals surface area contributed by atoms with Gasteiger partial charge in [-0.05, 0) is 38.9 Å². The van der Waals surface area contributed by atoms with E-state index in [9.17, 15) is 4.79 Å². The second-order valence-corrected chi connectivity index (χ2v) is 6.26. The molecule has 3 rings (SSSR count). The summed E-state index contributed by atoms with van der Waals surface area (Å²) < 4.78 is 0. The van der Waals surface area contributed by atoms with Crippen molar-refractivity contribution in [2.24, 2.45) is 0 Å². The highest BCUT2D eigenvalue weighted by atomic mass is 32.1. The third-order valence-corrected chi connectivity index (χ3v) is 4.66. The number of H-pyrrole nitrogens is 1. The Bertz CT molecular complexity index is 586. The van der Waals surface area contributed by atoms with Crippen molar-refractivity contribution in [1.29, 1.82) is 0 Å². The Balaban J connectivity index is 1.45. The third kappa shape index (κ3) is 3.68. The molecule has 0 aliphatic carbocycles. The molecule has 0 radical (unpaired) electrons. The topological polar surface area (TPSA) is 73.9 Å². The summed E-state index contributed by atoms with van der Waals surface area (Å²) >= 11 is 1.47. The Morgan fingerprint density at radius 1 is 1.52 bits per heavy atom. The maximum Gasteiger partial charge on any atom is 0.240 e. The molecule has 0 saturated carbocycles. The highest BCUT2D eigenvalue weighted by Crippen LogP contribution is 2.26. The largest absolute Gasteiger partial charge is 0.301 e. The SMILES string of the molecule is Cc1csc(NC(=O)CN2CCC(c3ccn[nH]3)CC2)n1. The summed E-state index contributed by atoms with van der Waals surface area (Å²) in [5.41, 5.74) is 2.15. The van der Waals surface area contributed by atoms with Crippen LogP contribution in [-0.2, 0) is 4.79 Å². The number of amides is 1. The standard InChI is InChI=1S/C14H19N5OS/c1-10-9-21-14(16-10)17-13(20)8-19-6-3-11(4-7-19)12-2-5-15-18-12/h2,5,9,11H,3-4,6-8H2,1H3,(H,15,18)(H,16,17,20). The summed E-state index contributed by atoms with van der Waals surface area (Å²) in [6.07, 6.45) is 3.92. The van der Waals surface area contributed by atoms with E-state index in [1.54, 1.807) is 6.20 Å². The molecule has 6 nitrogen and oxygen atoms in total. The van der Waals surface area contributed by atoms with Gasteiger partial charge < -0.3 is 5.32 Å². The van der Waals surface area contributed by atoms with Gasteiger partial charge in [0.1, 0.15) is 0 Å². The van der Waals surface area contributed by atoms with Crippen LogP contribution in [0, 0.1) is 6.92 Å². The molecular weight excluding hydrogens is 286 g/mol. The predicted octanol–water partition coefficient (Wildman–Crippen LogP) is 1.99. The normalized spacial score (nSPS) is 17.0. The molecule has 3 heterocycles. The zero-order chi connectivity index (χ0) is 14.7. The molecule has 21 heavy (non-hydrogen) atoms. The van der Waals surface area contributed by atoms with Crippen molar-refractivity contribution >= 4 is 22.4 Å². The fourth-order valence-corrected chi connectivity index (χ4v) is 3.37. The van der Waals surface area contributed by atoms with Crippen LogP contribution < -0.4 is 5.32 Å². The number of carbonyl (C=O) groups excluding carboxylic acids is 1. The average Bonchev–Trinajstić information content (AvgIpc) is 3.11. The van der Waals surface area contributed by atoms with Gasteiger partial charge in [0.15, 0.2) is 5.13 Å². The van der Waals surface area contributed by atoms with Crippen LogP contribution in [0.15, 0.2) is 17.6 Å². The van der Waals surface area contributed by atoms with Gasteiger partial charge in [0.2, 0.25) is 5.91 Å².